The van der Waals surface area contributed by atoms with E-state index in [9.17, 15) is 4.79 Å². The summed E-state index contributed by atoms with van der Waals surface area (Å²) < 4.78 is 0.532. The maximum atomic E-state index is 10.9. The van der Waals surface area contributed by atoms with Crippen molar-refractivity contribution in [3.8, 4) is 0 Å². The number of carbonyl (C=O) groups is 1. The number of aliphatic carboxylic acids is 1. The zero-order chi connectivity index (χ0) is 13.1. The van der Waals surface area contributed by atoms with Crippen LogP contribution in [0.3, 0.4) is 0 Å². The number of hydrogen-bond donors (Lipinski definition) is 2. The second kappa shape index (κ2) is 5.89. The van der Waals surface area contributed by atoms with E-state index in [1.165, 1.54) is 0 Å². The Morgan fingerprint density at radius 2 is 2.24 bits per heavy atom. The van der Waals surface area contributed by atoms with E-state index in [4.69, 9.17) is 10.8 Å². The van der Waals surface area contributed by atoms with Crippen LogP contribution in [0.25, 0.3) is 0 Å². The highest BCUT2D eigenvalue weighted by Gasteiger charge is 2.32. The molecule has 1 atom stereocenters. The lowest BCUT2D eigenvalue weighted by molar-refractivity contribution is -0.139. The molecule has 0 unspecified atom stereocenters. The van der Waals surface area contributed by atoms with E-state index >= 15 is 0 Å². The third-order valence-corrected chi connectivity index (χ3v) is 4.48. The van der Waals surface area contributed by atoms with Crippen LogP contribution in [0, 0.1) is 0 Å². The fourth-order valence-corrected chi connectivity index (χ4v) is 2.73. The topological polar surface area (TPSA) is 63.3 Å². The Kier molecular flexibility index (Phi) is 5.04. The highest BCUT2D eigenvalue weighted by molar-refractivity contribution is 9.10. The van der Waals surface area contributed by atoms with Gasteiger partial charge in [0.2, 0.25) is 0 Å². The number of benzene rings is 1. The highest BCUT2D eigenvalue weighted by atomic mass is 79.9. The number of rotatable bonds is 5. The summed E-state index contributed by atoms with van der Waals surface area (Å²) in [7, 11) is 0. The summed E-state index contributed by atoms with van der Waals surface area (Å²) in [5.41, 5.74) is 6.81. The minimum Gasteiger partial charge on any atom is -0.480 e. The fourth-order valence-electron chi connectivity index (χ4n) is 1.28. The van der Waals surface area contributed by atoms with Gasteiger partial charge in [0.1, 0.15) is 6.04 Å². The number of halogens is 1. The predicted octanol–water partition coefficient (Wildman–Crippen LogP) is 2.87. The highest BCUT2D eigenvalue weighted by Crippen LogP contribution is 2.31. The molecule has 0 saturated heterocycles. The number of carboxylic acids is 1. The standard InChI is InChI=1S/C12H16BrNO2S/c1-12(2,10(14)11(15)16)17-7-8-4-3-5-9(13)6-8/h3-6,10H,7,14H2,1-2H3,(H,15,16)/t10-/m0/s1. The summed E-state index contributed by atoms with van der Waals surface area (Å²) in [4.78, 5) is 10.9. The molecule has 0 aliphatic carbocycles. The van der Waals surface area contributed by atoms with E-state index in [1.807, 2.05) is 38.1 Å². The largest absolute Gasteiger partial charge is 0.480 e. The smallest absolute Gasteiger partial charge is 0.321 e. The van der Waals surface area contributed by atoms with Crippen LogP contribution in [0.1, 0.15) is 19.4 Å². The number of thioether (sulfide) groups is 1. The summed E-state index contributed by atoms with van der Waals surface area (Å²) >= 11 is 4.96. The van der Waals surface area contributed by atoms with Gasteiger partial charge in [-0.1, -0.05) is 28.1 Å². The van der Waals surface area contributed by atoms with Crippen molar-refractivity contribution in [1.29, 1.82) is 0 Å². The Labute approximate surface area is 114 Å². The van der Waals surface area contributed by atoms with Gasteiger partial charge in [-0.25, -0.2) is 0 Å². The molecule has 17 heavy (non-hydrogen) atoms. The zero-order valence-electron chi connectivity index (χ0n) is 9.81. The van der Waals surface area contributed by atoms with Crippen molar-refractivity contribution in [2.24, 2.45) is 5.73 Å². The van der Waals surface area contributed by atoms with E-state index in [0.717, 1.165) is 15.8 Å². The molecule has 0 fully saturated rings. The van der Waals surface area contributed by atoms with Crippen LogP contribution in [-0.4, -0.2) is 21.9 Å². The molecule has 0 aliphatic heterocycles. The fraction of sp³-hybridized carbons (Fsp3) is 0.417. The van der Waals surface area contributed by atoms with Crippen LogP contribution in [-0.2, 0) is 10.5 Å². The second-order valence-electron chi connectivity index (χ2n) is 4.34. The molecule has 0 radical (unpaired) electrons. The Morgan fingerprint density at radius 1 is 1.59 bits per heavy atom. The first-order valence-corrected chi connectivity index (χ1v) is 6.97. The molecule has 0 amide bonds. The van der Waals surface area contributed by atoms with Gasteiger partial charge < -0.3 is 10.8 Å². The van der Waals surface area contributed by atoms with Crippen molar-refractivity contribution < 1.29 is 9.90 Å². The molecule has 5 heteroatoms. The molecule has 1 aromatic carbocycles. The van der Waals surface area contributed by atoms with Crippen molar-refractivity contribution in [1.82, 2.24) is 0 Å². The van der Waals surface area contributed by atoms with Gasteiger partial charge in [-0.05, 0) is 31.5 Å². The van der Waals surface area contributed by atoms with E-state index in [1.54, 1.807) is 11.8 Å². The SMILES string of the molecule is CC(C)(SCc1cccc(Br)c1)[C@@H](N)C(=O)O. The Morgan fingerprint density at radius 3 is 2.76 bits per heavy atom. The van der Waals surface area contributed by atoms with Crippen LogP contribution in [0.4, 0.5) is 0 Å². The van der Waals surface area contributed by atoms with Crippen LogP contribution >= 0.6 is 27.7 Å². The summed E-state index contributed by atoms with van der Waals surface area (Å²) in [6.07, 6.45) is 0. The van der Waals surface area contributed by atoms with Gasteiger partial charge in [0.15, 0.2) is 0 Å². The molecular formula is C12H16BrNO2S. The quantitative estimate of drug-likeness (QED) is 0.876. The first kappa shape index (κ1) is 14.5. The van der Waals surface area contributed by atoms with Gasteiger partial charge >= 0.3 is 5.97 Å². The van der Waals surface area contributed by atoms with E-state index in [0.29, 0.717) is 0 Å². The zero-order valence-corrected chi connectivity index (χ0v) is 12.2. The van der Waals surface area contributed by atoms with Gasteiger partial charge in [0.25, 0.3) is 0 Å². The van der Waals surface area contributed by atoms with Crippen LogP contribution in [0.5, 0.6) is 0 Å². The minimum absolute atomic E-state index is 0.492. The summed E-state index contributed by atoms with van der Waals surface area (Å²) in [6, 6.07) is 7.10. The van der Waals surface area contributed by atoms with Gasteiger partial charge in [-0.2, -0.15) is 0 Å². The molecule has 3 N–H and O–H groups in total. The van der Waals surface area contributed by atoms with Gasteiger partial charge in [0.05, 0.1) is 0 Å². The first-order valence-electron chi connectivity index (χ1n) is 5.20. The molecular weight excluding hydrogens is 302 g/mol. The molecule has 0 saturated carbocycles. The summed E-state index contributed by atoms with van der Waals surface area (Å²) in [5, 5.41) is 8.91. The molecule has 3 nitrogen and oxygen atoms in total. The lowest BCUT2D eigenvalue weighted by atomic mass is 10.1. The van der Waals surface area contributed by atoms with Crippen molar-refractivity contribution >= 4 is 33.7 Å². The molecule has 0 bridgehead atoms. The van der Waals surface area contributed by atoms with Gasteiger partial charge in [-0.15, -0.1) is 11.8 Å². The Balaban J connectivity index is 2.64. The molecule has 0 spiro atoms. The Bertz CT molecular complexity index is 409. The average molecular weight is 318 g/mol. The summed E-state index contributed by atoms with van der Waals surface area (Å²) in [6.45, 7) is 3.71. The van der Waals surface area contributed by atoms with Crippen molar-refractivity contribution in [2.45, 2.75) is 30.4 Å². The maximum absolute atomic E-state index is 10.9. The minimum atomic E-state index is -0.961. The molecule has 1 rings (SSSR count). The van der Waals surface area contributed by atoms with E-state index < -0.39 is 16.8 Å². The second-order valence-corrected chi connectivity index (χ2v) is 6.88. The number of hydrogen-bond acceptors (Lipinski definition) is 3. The molecule has 94 valence electrons. The van der Waals surface area contributed by atoms with Gasteiger partial charge in [0, 0.05) is 15.0 Å². The normalized spacial score (nSPS) is 13.4. The van der Waals surface area contributed by atoms with Gasteiger partial charge in [-0.3, -0.25) is 4.79 Å². The van der Waals surface area contributed by atoms with Crippen molar-refractivity contribution in [3.05, 3.63) is 34.3 Å². The number of carboxylic acid groups (broad SMARTS) is 1. The third-order valence-electron chi connectivity index (χ3n) is 2.51. The summed E-state index contributed by atoms with van der Waals surface area (Å²) in [5.74, 6) is -0.218. The first-order chi connectivity index (χ1) is 7.83. The lowest BCUT2D eigenvalue weighted by Gasteiger charge is -2.28. The molecule has 0 aliphatic rings. The van der Waals surface area contributed by atoms with Crippen molar-refractivity contribution in [2.75, 3.05) is 0 Å². The van der Waals surface area contributed by atoms with Crippen LogP contribution in [0.2, 0.25) is 0 Å². The number of nitrogens with two attached hydrogens (primary N) is 1. The molecule has 1 aromatic rings. The molecule has 0 aromatic heterocycles. The maximum Gasteiger partial charge on any atom is 0.321 e. The van der Waals surface area contributed by atoms with E-state index in [-0.39, 0.29) is 0 Å². The average Bonchev–Trinajstić information content (AvgIpc) is 2.25. The van der Waals surface area contributed by atoms with E-state index in [2.05, 4.69) is 15.9 Å². The Hall–Kier alpha value is -0.520. The third kappa shape index (κ3) is 4.33. The predicted molar refractivity (Wildman–Crippen MR) is 75.1 cm³/mol. The van der Waals surface area contributed by atoms with Crippen LogP contribution < -0.4 is 5.73 Å². The lowest BCUT2D eigenvalue weighted by Crippen LogP contribution is -2.46. The monoisotopic (exact) mass is 317 g/mol. The van der Waals surface area contributed by atoms with Crippen molar-refractivity contribution in [3.63, 3.8) is 0 Å². The van der Waals surface area contributed by atoms with Crippen LogP contribution in [0.15, 0.2) is 28.7 Å². The molecule has 0 heterocycles.